The first-order valence-electron chi connectivity index (χ1n) is 7.04. The van der Waals surface area contributed by atoms with Crippen molar-refractivity contribution in [3.63, 3.8) is 0 Å². The summed E-state index contributed by atoms with van der Waals surface area (Å²) in [5, 5.41) is 0. The van der Waals surface area contributed by atoms with Gasteiger partial charge in [-0.25, -0.2) is 0 Å². The largest absolute Gasteiger partial charge is 0.365 e. The Hall–Kier alpha value is -1.84. The van der Waals surface area contributed by atoms with Crippen LogP contribution in [0.25, 0.3) is 0 Å². The van der Waals surface area contributed by atoms with Crippen molar-refractivity contribution in [2.24, 2.45) is 0 Å². The summed E-state index contributed by atoms with van der Waals surface area (Å²) in [6.45, 7) is 5.61. The number of likely N-dealkylation sites (N-methyl/N-ethyl adjacent to an activating group) is 1. The molecular weight excluding hydrogens is 252 g/mol. The summed E-state index contributed by atoms with van der Waals surface area (Å²) in [5.41, 5.74) is 3.45. The molecule has 1 amide bonds. The maximum atomic E-state index is 12.2. The third kappa shape index (κ3) is 3.59. The van der Waals surface area contributed by atoms with Gasteiger partial charge in [0.15, 0.2) is 0 Å². The lowest BCUT2D eigenvalue weighted by Crippen LogP contribution is -2.43. The topological polar surface area (TPSA) is 40.6 Å². The van der Waals surface area contributed by atoms with Crippen molar-refractivity contribution in [3.8, 4) is 0 Å². The second-order valence-corrected chi connectivity index (χ2v) is 5.62. The van der Waals surface area contributed by atoms with Crippen molar-refractivity contribution < 1.29 is 9.59 Å². The number of anilines is 1. The molecule has 1 saturated heterocycles. The zero-order chi connectivity index (χ0) is 14.7. The monoisotopic (exact) mass is 274 g/mol. The van der Waals surface area contributed by atoms with E-state index in [4.69, 9.17) is 0 Å². The Bertz CT molecular complexity index is 495. The highest BCUT2D eigenvalue weighted by atomic mass is 16.2. The molecule has 0 bridgehead atoms. The lowest BCUT2D eigenvalue weighted by atomic mass is 10.1. The Kier molecular flexibility index (Phi) is 4.42. The van der Waals surface area contributed by atoms with E-state index >= 15 is 0 Å². The average molecular weight is 274 g/mol. The van der Waals surface area contributed by atoms with Gasteiger partial charge in [-0.15, -0.1) is 0 Å². The molecule has 1 aromatic rings. The molecule has 0 N–H and O–H groups in total. The zero-order valence-corrected chi connectivity index (χ0v) is 12.5. The van der Waals surface area contributed by atoms with Crippen molar-refractivity contribution in [1.29, 1.82) is 0 Å². The van der Waals surface area contributed by atoms with E-state index in [0.717, 1.165) is 5.69 Å². The number of Topliss-reactive ketones (excluding diaryl/α,β-unsaturated/α-hetero) is 1. The van der Waals surface area contributed by atoms with Crippen LogP contribution in [0.2, 0.25) is 0 Å². The molecule has 0 saturated carbocycles. The maximum Gasteiger partial charge on any atom is 0.242 e. The number of benzene rings is 1. The zero-order valence-electron chi connectivity index (χ0n) is 12.5. The van der Waals surface area contributed by atoms with Crippen molar-refractivity contribution in [2.75, 3.05) is 31.6 Å². The molecule has 0 radical (unpaired) electrons. The molecule has 108 valence electrons. The Balaban J connectivity index is 1.98. The number of rotatable bonds is 3. The Labute approximate surface area is 120 Å². The molecule has 0 aromatic heterocycles. The minimum atomic E-state index is 0.0964. The Morgan fingerprint density at radius 1 is 1.15 bits per heavy atom. The van der Waals surface area contributed by atoms with Gasteiger partial charge in [0.05, 0.1) is 6.54 Å². The van der Waals surface area contributed by atoms with Crippen LogP contribution in [0.1, 0.15) is 24.0 Å². The van der Waals surface area contributed by atoms with E-state index in [9.17, 15) is 9.59 Å². The first kappa shape index (κ1) is 14.6. The highest BCUT2D eigenvalue weighted by Gasteiger charge is 2.21. The molecule has 1 aliphatic heterocycles. The molecule has 0 atom stereocenters. The van der Waals surface area contributed by atoms with Gasteiger partial charge in [-0.3, -0.25) is 9.59 Å². The number of nitrogens with zero attached hydrogens (tertiary/aromatic N) is 2. The predicted molar refractivity (Wildman–Crippen MR) is 80.0 cm³/mol. The van der Waals surface area contributed by atoms with Gasteiger partial charge in [0.2, 0.25) is 5.91 Å². The molecule has 20 heavy (non-hydrogen) atoms. The first-order valence-corrected chi connectivity index (χ1v) is 7.04. The molecule has 2 rings (SSSR count). The van der Waals surface area contributed by atoms with E-state index in [1.54, 1.807) is 4.90 Å². The number of amides is 1. The molecular formula is C16H22N2O2. The van der Waals surface area contributed by atoms with E-state index < -0.39 is 0 Å². The highest BCUT2D eigenvalue weighted by Crippen LogP contribution is 2.18. The number of aryl methyl sites for hydroxylation is 2. The van der Waals surface area contributed by atoms with Crippen LogP contribution < -0.4 is 4.90 Å². The number of carbonyl (C=O) groups excluding carboxylic acids is 2. The van der Waals surface area contributed by atoms with E-state index in [1.807, 2.05) is 11.9 Å². The number of carbonyl (C=O) groups is 2. The lowest BCUT2D eigenvalue weighted by molar-refractivity contribution is -0.133. The number of likely N-dealkylation sites (tertiary alicyclic amines) is 1. The standard InChI is InChI=1S/C16H22N2O2/c1-12-8-13(2)10-14(9-12)17(3)11-16(20)18-6-4-15(19)5-7-18/h8-10H,4-7,11H2,1-3H3. The van der Waals surface area contributed by atoms with Gasteiger partial charge in [0.25, 0.3) is 0 Å². The fourth-order valence-electron chi connectivity index (χ4n) is 2.57. The van der Waals surface area contributed by atoms with Crippen molar-refractivity contribution in [2.45, 2.75) is 26.7 Å². The third-order valence-corrected chi connectivity index (χ3v) is 3.69. The van der Waals surface area contributed by atoms with Gasteiger partial charge < -0.3 is 9.80 Å². The van der Waals surface area contributed by atoms with Crippen LogP contribution in [0.5, 0.6) is 0 Å². The Morgan fingerprint density at radius 3 is 2.25 bits per heavy atom. The Morgan fingerprint density at radius 2 is 1.70 bits per heavy atom. The van der Waals surface area contributed by atoms with Crippen LogP contribution in [0, 0.1) is 13.8 Å². The van der Waals surface area contributed by atoms with E-state index in [-0.39, 0.29) is 11.7 Å². The second kappa shape index (κ2) is 6.07. The minimum Gasteiger partial charge on any atom is -0.365 e. The summed E-state index contributed by atoms with van der Waals surface area (Å²) in [4.78, 5) is 27.2. The summed E-state index contributed by atoms with van der Waals surface area (Å²) in [5.74, 6) is 0.357. The minimum absolute atomic E-state index is 0.0964. The van der Waals surface area contributed by atoms with Gasteiger partial charge >= 0.3 is 0 Å². The molecule has 1 fully saturated rings. The van der Waals surface area contributed by atoms with Crippen molar-refractivity contribution >= 4 is 17.4 Å². The highest BCUT2D eigenvalue weighted by molar-refractivity contribution is 5.85. The maximum absolute atomic E-state index is 12.2. The quantitative estimate of drug-likeness (QED) is 0.845. The fraction of sp³-hybridized carbons (Fsp3) is 0.500. The fourth-order valence-corrected chi connectivity index (χ4v) is 2.57. The van der Waals surface area contributed by atoms with Crippen LogP contribution in [0.3, 0.4) is 0 Å². The van der Waals surface area contributed by atoms with Crippen LogP contribution >= 0.6 is 0 Å². The van der Waals surface area contributed by atoms with Gasteiger partial charge in [-0.2, -0.15) is 0 Å². The molecule has 0 spiro atoms. The van der Waals surface area contributed by atoms with Crippen LogP contribution in [-0.4, -0.2) is 43.3 Å². The first-order chi connectivity index (χ1) is 9.45. The van der Waals surface area contributed by atoms with Crippen molar-refractivity contribution in [3.05, 3.63) is 29.3 Å². The van der Waals surface area contributed by atoms with E-state index in [2.05, 4.69) is 32.0 Å². The third-order valence-electron chi connectivity index (χ3n) is 3.69. The number of hydrogen-bond donors (Lipinski definition) is 0. The molecule has 0 aliphatic carbocycles. The van der Waals surface area contributed by atoms with Crippen LogP contribution in [0.15, 0.2) is 18.2 Å². The van der Waals surface area contributed by atoms with Gasteiger partial charge in [-0.05, 0) is 37.1 Å². The molecule has 1 aromatic carbocycles. The van der Waals surface area contributed by atoms with Crippen LogP contribution in [0.4, 0.5) is 5.69 Å². The normalized spacial score (nSPS) is 15.3. The van der Waals surface area contributed by atoms with Gasteiger partial charge in [0, 0.05) is 38.7 Å². The summed E-state index contributed by atoms with van der Waals surface area (Å²) >= 11 is 0. The number of piperidine rings is 1. The SMILES string of the molecule is Cc1cc(C)cc(N(C)CC(=O)N2CCC(=O)CC2)c1. The molecule has 1 aliphatic rings. The molecule has 4 nitrogen and oxygen atoms in total. The summed E-state index contributed by atoms with van der Waals surface area (Å²) in [7, 11) is 1.93. The summed E-state index contributed by atoms with van der Waals surface area (Å²) < 4.78 is 0. The predicted octanol–water partition coefficient (Wildman–Crippen LogP) is 1.93. The lowest BCUT2D eigenvalue weighted by Gasteiger charge is -2.29. The van der Waals surface area contributed by atoms with Crippen molar-refractivity contribution in [1.82, 2.24) is 4.90 Å². The number of ketones is 1. The number of hydrogen-bond acceptors (Lipinski definition) is 3. The van der Waals surface area contributed by atoms with E-state index in [0.29, 0.717) is 32.5 Å². The van der Waals surface area contributed by atoms with Crippen LogP contribution in [-0.2, 0) is 9.59 Å². The second-order valence-electron chi connectivity index (χ2n) is 5.62. The molecule has 0 unspecified atom stereocenters. The summed E-state index contributed by atoms with van der Waals surface area (Å²) in [6, 6.07) is 6.29. The molecule has 1 heterocycles. The summed E-state index contributed by atoms with van der Waals surface area (Å²) in [6.07, 6.45) is 0.998. The molecule has 4 heteroatoms. The average Bonchev–Trinajstić information content (AvgIpc) is 2.38. The van der Waals surface area contributed by atoms with Gasteiger partial charge in [-0.1, -0.05) is 6.07 Å². The smallest absolute Gasteiger partial charge is 0.242 e. The van der Waals surface area contributed by atoms with E-state index in [1.165, 1.54) is 11.1 Å². The van der Waals surface area contributed by atoms with Gasteiger partial charge in [0.1, 0.15) is 5.78 Å².